The molecule has 1 atom stereocenters. The van der Waals surface area contributed by atoms with Crippen LogP contribution in [0.4, 0.5) is 0 Å². The van der Waals surface area contributed by atoms with Gasteiger partial charge in [0.1, 0.15) is 11.3 Å². The van der Waals surface area contributed by atoms with Crippen molar-refractivity contribution in [1.29, 1.82) is 0 Å². The summed E-state index contributed by atoms with van der Waals surface area (Å²) in [6, 6.07) is 13.0. The molecule has 1 amide bonds. The first kappa shape index (κ1) is 16.6. The van der Waals surface area contributed by atoms with Gasteiger partial charge in [-0.2, -0.15) is 5.10 Å². The summed E-state index contributed by atoms with van der Waals surface area (Å²) in [5.74, 6) is 1.16. The monoisotopic (exact) mass is 374 g/mol. The number of fused-ring (bicyclic) bond motifs is 2. The minimum atomic E-state index is -0.150. The van der Waals surface area contributed by atoms with Gasteiger partial charge in [0, 0.05) is 30.8 Å². The van der Waals surface area contributed by atoms with Gasteiger partial charge in [-0.1, -0.05) is 18.2 Å². The summed E-state index contributed by atoms with van der Waals surface area (Å²) in [4.78, 5) is 17.3. The Balaban J connectivity index is 1.41. The van der Waals surface area contributed by atoms with Crippen molar-refractivity contribution >= 4 is 17.0 Å². The van der Waals surface area contributed by atoms with E-state index in [-0.39, 0.29) is 11.9 Å². The summed E-state index contributed by atoms with van der Waals surface area (Å²) < 4.78 is 13.2. The van der Waals surface area contributed by atoms with Gasteiger partial charge in [0.15, 0.2) is 5.58 Å². The second-order valence-electron chi connectivity index (χ2n) is 6.81. The van der Waals surface area contributed by atoms with E-state index in [1.54, 1.807) is 29.1 Å². The molecule has 0 spiro atoms. The van der Waals surface area contributed by atoms with E-state index >= 15 is 0 Å². The maximum Gasteiger partial charge on any atom is 0.251 e. The van der Waals surface area contributed by atoms with E-state index in [0.29, 0.717) is 29.2 Å². The van der Waals surface area contributed by atoms with Crippen LogP contribution in [0.3, 0.4) is 0 Å². The van der Waals surface area contributed by atoms with Gasteiger partial charge in [-0.25, -0.2) is 4.98 Å². The zero-order chi connectivity index (χ0) is 19.1. The molecule has 7 heteroatoms. The van der Waals surface area contributed by atoms with Gasteiger partial charge in [-0.3, -0.25) is 9.48 Å². The Hall–Kier alpha value is -3.61. The van der Waals surface area contributed by atoms with Gasteiger partial charge in [0.25, 0.3) is 5.91 Å². The predicted molar refractivity (Wildman–Crippen MR) is 103 cm³/mol. The van der Waals surface area contributed by atoms with Crippen LogP contribution in [0.5, 0.6) is 5.75 Å². The van der Waals surface area contributed by atoms with Gasteiger partial charge in [0.2, 0.25) is 5.89 Å². The number of nitrogens with zero attached hydrogens (tertiary/aromatic N) is 3. The average molecular weight is 374 g/mol. The molecule has 140 valence electrons. The Morgan fingerprint density at radius 3 is 3.00 bits per heavy atom. The largest absolute Gasteiger partial charge is 0.493 e. The first-order valence-corrected chi connectivity index (χ1v) is 9.09. The fourth-order valence-electron chi connectivity index (χ4n) is 3.45. The third kappa shape index (κ3) is 2.90. The number of para-hydroxylation sites is 1. The van der Waals surface area contributed by atoms with Gasteiger partial charge < -0.3 is 14.5 Å². The summed E-state index contributed by atoms with van der Waals surface area (Å²) in [7, 11) is 1.84. The Bertz CT molecular complexity index is 1180. The normalized spacial score (nSPS) is 15.8. The van der Waals surface area contributed by atoms with Crippen LogP contribution in [0.1, 0.15) is 28.4 Å². The molecule has 3 heterocycles. The van der Waals surface area contributed by atoms with E-state index in [1.807, 2.05) is 37.5 Å². The number of carbonyl (C=O) groups is 1. The molecule has 0 unspecified atom stereocenters. The molecule has 1 aliphatic rings. The van der Waals surface area contributed by atoms with Crippen molar-refractivity contribution < 1.29 is 13.9 Å². The van der Waals surface area contributed by atoms with Gasteiger partial charge >= 0.3 is 0 Å². The highest BCUT2D eigenvalue weighted by Crippen LogP contribution is 2.32. The van der Waals surface area contributed by atoms with Crippen LogP contribution in [0, 0.1) is 0 Å². The van der Waals surface area contributed by atoms with Crippen molar-refractivity contribution in [3.8, 4) is 17.2 Å². The van der Waals surface area contributed by atoms with Crippen LogP contribution in [0.25, 0.3) is 22.6 Å². The van der Waals surface area contributed by atoms with Crippen LogP contribution in [-0.4, -0.2) is 27.3 Å². The molecule has 0 aliphatic carbocycles. The molecule has 0 saturated heterocycles. The molecule has 1 N–H and O–H groups in total. The highest BCUT2D eigenvalue weighted by atomic mass is 16.5. The van der Waals surface area contributed by atoms with E-state index in [9.17, 15) is 4.79 Å². The van der Waals surface area contributed by atoms with Crippen LogP contribution in [-0.2, 0) is 7.05 Å². The highest BCUT2D eigenvalue weighted by molar-refractivity contribution is 5.97. The summed E-state index contributed by atoms with van der Waals surface area (Å²) in [6.45, 7) is 0.581. The van der Waals surface area contributed by atoms with Crippen molar-refractivity contribution in [2.24, 2.45) is 7.05 Å². The number of oxazole rings is 1. The minimum absolute atomic E-state index is 0.0752. The molecule has 7 nitrogen and oxygen atoms in total. The van der Waals surface area contributed by atoms with Gasteiger partial charge in [-0.15, -0.1) is 0 Å². The van der Waals surface area contributed by atoms with Crippen molar-refractivity contribution in [3.63, 3.8) is 0 Å². The highest BCUT2D eigenvalue weighted by Gasteiger charge is 2.23. The fraction of sp³-hybridized carbons (Fsp3) is 0.190. The van der Waals surface area contributed by atoms with E-state index in [2.05, 4.69) is 15.4 Å². The maximum atomic E-state index is 12.8. The smallest absolute Gasteiger partial charge is 0.251 e. The number of nitrogens with one attached hydrogen (secondary N) is 1. The molecule has 1 aliphatic heterocycles. The number of rotatable bonds is 3. The maximum absolute atomic E-state index is 12.8. The molecule has 28 heavy (non-hydrogen) atoms. The number of ether oxygens (including phenoxy) is 1. The third-order valence-corrected chi connectivity index (χ3v) is 4.87. The zero-order valence-corrected chi connectivity index (χ0v) is 15.3. The summed E-state index contributed by atoms with van der Waals surface area (Å²) >= 11 is 0. The number of hydrogen-bond acceptors (Lipinski definition) is 5. The zero-order valence-electron chi connectivity index (χ0n) is 15.3. The third-order valence-electron chi connectivity index (χ3n) is 4.87. The number of benzene rings is 2. The average Bonchev–Trinajstić information content (AvgIpc) is 3.33. The fourth-order valence-corrected chi connectivity index (χ4v) is 3.45. The van der Waals surface area contributed by atoms with Gasteiger partial charge in [-0.05, 0) is 24.3 Å². The van der Waals surface area contributed by atoms with Crippen LogP contribution in [0.2, 0.25) is 0 Å². The second-order valence-corrected chi connectivity index (χ2v) is 6.81. The lowest BCUT2D eigenvalue weighted by Crippen LogP contribution is -2.32. The van der Waals surface area contributed by atoms with Crippen LogP contribution in [0.15, 0.2) is 59.3 Å². The lowest BCUT2D eigenvalue weighted by molar-refractivity contribution is 0.0925. The topological polar surface area (TPSA) is 82.2 Å². The van der Waals surface area contributed by atoms with Crippen LogP contribution < -0.4 is 10.1 Å². The molecule has 0 saturated carbocycles. The Morgan fingerprint density at radius 2 is 2.14 bits per heavy atom. The van der Waals surface area contributed by atoms with Crippen molar-refractivity contribution in [2.45, 2.75) is 12.5 Å². The Morgan fingerprint density at radius 1 is 1.25 bits per heavy atom. The predicted octanol–water partition coefficient (Wildman–Crippen LogP) is 3.48. The molecule has 4 aromatic rings. The number of aromatic nitrogens is 3. The standard InChI is InChI=1S/C21H18N4O3/c1-25-12-14(11-22-25)21-24-17-7-6-13(10-19(17)28-21)20(26)23-16-8-9-27-18-5-3-2-4-15(16)18/h2-7,10-12,16H,8-9H2,1H3,(H,23,26)/t16-/m0/s1. The quantitative estimate of drug-likeness (QED) is 0.594. The molecule has 2 aromatic carbocycles. The SMILES string of the molecule is Cn1cc(-c2nc3ccc(C(=O)N[C@H]4CCOc5ccccc54)cc3o2)cn1. The molecule has 2 aromatic heterocycles. The summed E-state index contributed by atoms with van der Waals surface area (Å²) in [5, 5.41) is 7.24. The number of aryl methyl sites for hydroxylation is 1. The number of hydrogen-bond donors (Lipinski definition) is 1. The van der Waals surface area contributed by atoms with Crippen LogP contribution >= 0.6 is 0 Å². The molecular weight excluding hydrogens is 356 g/mol. The molecule has 0 fully saturated rings. The van der Waals surface area contributed by atoms with E-state index in [1.165, 1.54) is 0 Å². The van der Waals surface area contributed by atoms with Crippen molar-refractivity contribution in [1.82, 2.24) is 20.1 Å². The molecule has 0 bridgehead atoms. The second kappa shape index (κ2) is 6.53. The lowest BCUT2D eigenvalue weighted by Gasteiger charge is -2.26. The van der Waals surface area contributed by atoms with E-state index < -0.39 is 0 Å². The molecule has 5 rings (SSSR count). The molecular formula is C21H18N4O3. The van der Waals surface area contributed by atoms with E-state index in [4.69, 9.17) is 9.15 Å². The Labute approximate surface area is 160 Å². The Kier molecular flexibility index (Phi) is 3.86. The summed E-state index contributed by atoms with van der Waals surface area (Å²) in [6.07, 6.45) is 4.26. The van der Waals surface area contributed by atoms with Crippen molar-refractivity contribution in [2.75, 3.05) is 6.61 Å². The number of amides is 1. The van der Waals surface area contributed by atoms with Gasteiger partial charge in [0.05, 0.1) is 24.4 Å². The van der Waals surface area contributed by atoms with Crippen molar-refractivity contribution in [3.05, 3.63) is 66.0 Å². The number of carbonyl (C=O) groups excluding carboxylic acids is 1. The minimum Gasteiger partial charge on any atom is -0.493 e. The van der Waals surface area contributed by atoms with E-state index in [0.717, 1.165) is 23.3 Å². The first-order valence-electron chi connectivity index (χ1n) is 9.09. The molecule has 0 radical (unpaired) electrons. The first-order chi connectivity index (χ1) is 13.7. The summed E-state index contributed by atoms with van der Waals surface area (Å²) in [5.41, 5.74) is 3.60. The lowest BCUT2D eigenvalue weighted by atomic mass is 10.00.